The molecule has 0 saturated heterocycles. The second-order valence-corrected chi connectivity index (χ2v) is 7.57. The molecule has 0 spiro atoms. The number of aryl methyl sites for hydroxylation is 1. The van der Waals surface area contributed by atoms with E-state index in [4.69, 9.17) is 9.47 Å². The van der Waals surface area contributed by atoms with Crippen LogP contribution in [0.4, 0.5) is 0 Å². The molecule has 0 saturated carbocycles. The van der Waals surface area contributed by atoms with Gasteiger partial charge in [0.15, 0.2) is 0 Å². The number of esters is 2. The van der Waals surface area contributed by atoms with Crippen LogP contribution < -0.4 is 0 Å². The molecule has 1 aromatic carbocycles. The molecule has 5 nitrogen and oxygen atoms in total. The number of carbonyl (C=O) groups excluding carboxylic acids is 2. The molecule has 5 heteroatoms. The molecule has 0 heterocycles. The Balaban J connectivity index is 3.08. The number of nitrogens with zero attached hydrogens (tertiary/aromatic N) is 1. The van der Waals surface area contributed by atoms with Gasteiger partial charge in [0.05, 0.1) is 32.1 Å². The van der Waals surface area contributed by atoms with E-state index in [2.05, 4.69) is 6.07 Å². The summed E-state index contributed by atoms with van der Waals surface area (Å²) in [7, 11) is 0. The summed E-state index contributed by atoms with van der Waals surface area (Å²) in [6.45, 7) is 10.2. The van der Waals surface area contributed by atoms with Crippen LogP contribution in [-0.4, -0.2) is 25.2 Å². The fraction of sp³-hybridized carbons (Fsp3) is 0.571. The first kappa shape index (κ1) is 21.7. The van der Waals surface area contributed by atoms with Crippen LogP contribution >= 0.6 is 0 Å². The molecule has 1 rings (SSSR count). The lowest BCUT2D eigenvalue weighted by Crippen LogP contribution is -2.33. The molecular formula is C21H29NO4. The van der Waals surface area contributed by atoms with E-state index in [0.717, 1.165) is 5.56 Å². The van der Waals surface area contributed by atoms with Gasteiger partial charge in [0.1, 0.15) is 5.41 Å². The molecule has 1 aromatic rings. The zero-order valence-corrected chi connectivity index (χ0v) is 16.4. The highest BCUT2D eigenvalue weighted by Crippen LogP contribution is 2.33. The maximum Gasteiger partial charge on any atom is 0.307 e. The molecule has 0 aliphatic rings. The van der Waals surface area contributed by atoms with E-state index in [9.17, 15) is 14.9 Å². The van der Waals surface area contributed by atoms with E-state index in [1.54, 1.807) is 6.07 Å². The number of carbonyl (C=O) groups is 2. The van der Waals surface area contributed by atoms with Crippen molar-refractivity contribution >= 4 is 11.9 Å². The average Bonchev–Trinajstić information content (AvgIpc) is 2.57. The Kier molecular flexibility index (Phi) is 8.31. The first-order valence-corrected chi connectivity index (χ1v) is 8.98. The van der Waals surface area contributed by atoms with Crippen molar-refractivity contribution in [3.8, 4) is 6.07 Å². The van der Waals surface area contributed by atoms with Crippen LogP contribution in [-0.2, 0) is 24.5 Å². The van der Waals surface area contributed by atoms with E-state index in [0.29, 0.717) is 5.56 Å². The van der Waals surface area contributed by atoms with Gasteiger partial charge in [-0.25, -0.2) is 0 Å². The van der Waals surface area contributed by atoms with Crippen molar-refractivity contribution in [2.75, 3.05) is 13.2 Å². The van der Waals surface area contributed by atoms with Gasteiger partial charge in [-0.15, -0.1) is 0 Å². The highest BCUT2D eigenvalue weighted by atomic mass is 16.5. The van der Waals surface area contributed by atoms with E-state index in [1.807, 2.05) is 52.8 Å². The van der Waals surface area contributed by atoms with Crippen LogP contribution in [0.5, 0.6) is 0 Å². The van der Waals surface area contributed by atoms with Gasteiger partial charge in [-0.1, -0.05) is 57.5 Å². The molecular weight excluding hydrogens is 330 g/mol. The van der Waals surface area contributed by atoms with Crippen LogP contribution in [0.3, 0.4) is 0 Å². The third-order valence-corrected chi connectivity index (χ3v) is 3.83. The molecule has 0 bridgehead atoms. The molecule has 0 aliphatic heterocycles. The van der Waals surface area contributed by atoms with Crippen LogP contribution in [0.2, 0.25) is 0 Å². The summed E-state index contributed by atoms with van der Waals surface area (Å²) in [4.78, 5) is 24.6. The smallest absolute Gasteiger partial charge is 0.307 e. The fourth-order valence-corrected chi connectivity index (χ4v) is 2.47. The average molecular weight is 359 g/mol. The number of hydrogen-bond donors (Lipinski definition) is 0. The summed E-state index contributed by atoms with van der Waals surface area (Å²) in [5.74, 6) is -0.576. The van der Waals surface area contributed by atoms with Crippen LogP contribution in [0, 0.1) is 30.1 Å². The number of benzene rings is 1. The van der Waals surface area contributed by atoms with Crippen molar-refractivity contribution in [1.82, 2.24) is 0 Å². The minimum absolute atomic E-state index is 0.184. The molecule has 0 aliphatic carbocycles. The van der Waals surface area contributed by atoms with Crippen LogP contribution in [0.1, 0.15) is 51.7 Å². The second-order valence-electron chi connectivity index (χ2n) is 7.57. The van der Waals surface area contributed by atoms with Gasteiger partial charge in [-0.3, -0.25) is 9.59 Å². The first-order chi connectivity index (χ1) is 12.2. The molecule has 0 fully saturated rings. The normalized spacial score (nSPS) is 11.3. The Labute approximate surface area is 156 Å². The standard InChI is InChI=1S/C21H29NO4/c1-15(2)12-25-19(23)10-21(14-22,11-20(24)26-13-16(3)4)18-8-6-7-17(5)9-18/h6-9,15-16H,10-13H2,1-5H3. The zero-order valence-electron chi connectivity index (χ0n) is 16.4. The molecule has 0 aromatic heterocycles. The third-order valence-electron chi connectivity index (χ3n) is 3.83. The van der Waals surface area contributed by atoms with Crippen molar-refractivity contribution in [2.45, 2.75) is 52.9 Å². The summed E-state index contributed by atoms with van der Waals surface area (Å²) in [5.41, 5.74) is 0.282. The van der Waals surface area contributed by atoms with Gasteiger partial charge in [-0.05, 0) is 24.3 Å². The molecule has 0 unspecified atom stereocenters. The number of hydrogen-bond acceptors (Lipinski definition) is 5. The van der Waals surface area contributed by atoms with Gasteiger partial charge in [0, 0.05) is 0 Å². The topological polar surface area (TPSA) is 76.4 Å². The van der Waals surface area contributed by atoms with Crippen molar-refractivity contribution in [2.24, 2.45) is 11.8 Å². The van der Waals surface area contributed by atoms with E-state index >= 15 is 0 Å². The predicted molar refractivity (Wildman–Crippen MR) is 99.3 cm³/mol. The maximum atomic E-state index is 12.3. The summed E-state index contributed by atoms with van der Waals surface area (Å²) in [5, 5.41) is 9.91. The van der Waals surface area contributed by atoms with Gasteiger partial charge in [0.25, 0.3) is 0 Å². The predicted octanol–water partition coefficient (Wildman–Crippen LogP) is 3.94. The van der Waals surface area contributed by atoms with Crippen molar-refractivity contribution in [1.29, 1.82) is 5.26 Å². The van der Waals surface area contributed by atoms with E-state index in [-0.39, 0.29) is 37.9 Å². The number of rotatable bonds is 9. The van der Waals surface area contributed by atoms with Crippen molar-refractivity contribution in [3.63, 3.8) is 0 Å². The van der Waals surface area contributed by atoms with Gasteiger partial charge < -0.3 is 9.47 Å². The molecule has 0 atom stereocenters. The van der Waals surface area contributed by atoms with E-state index < -0.39 is 17.4 Å². The molecule has 0 N–H and O–H groups in total. The zero-order chi connectivity index (χ0) is 19.7. The molecule has 0 amide bonds. The van der Waals surface area contributed by atoms with Gasteiger partial charge in [-0.2, -0.15) is 5.26 Å². The summed E-state index contributed by atoms with van der Waals surface area (Å²) < 4.78 is 10.5. The van der Waals surface area contributed by atoms with Crippen LogP contribution in [0.25, 0.3) is 0 Å². The highest BCUT2D eigenvalue weighted by molar-refractivity contribution is 5.77. The quantitative estimate of drug-likeness (QED) is 0.624. The lowest BCUT2D eigenvalue weighted by atomic mass is 9.75. The minimum atomic E-state index is -1.30. The summed E-state index contributed by atoms with van der Waals surface area (Å²) in [6, 6.07) is 9.51. The molecule has 142 valence electrons. The van der Waals surface area contributed by atoms with Crippen molar-refractivity contribution < 1.29 is 19.1 Å². The van der Waals surface area contributed by atoms with Crippen LogP contribution in [0.15, 0.2) is 24.3 Å². The van der Waals surface area contributed by atoms with Gasteiger partial charge in [0.2, 0.25) is 0 Å². The lowest BCUT2D eigenvalue weighted by molar-refractivity contribution is -0.148. The Morgan fingerprint density at radius 2 is 1.54 bits per heavy atom. The Morgan fingerprint density at radius 1 is 1.04 bits per heavy atom. The first-order valence-electron chi connectivity index (χ1n) is 8.98. The maximum absolute atomic E-state index is 12.3. The Hall–Kier alpha value is -2.35. The van der Waals surface area contributed by atoms with Crippen molar-refractivity contribution in [3.05, 3.63) is 35.4 Å². The highest BCUT2D eigenvalue weighted by Gasteiger charge is 2.39. The Bertz CT molecular complexity index is 632. The fourth-order valence-electron chi connectivity index (χ4n) is 2.47. The number of nitriles is 1. The van der Waals surface area contributed by atoms with Gasteiger partial charge >= 0.3 is 11.9 Å². The summed E-state index contributed by atoms with van der Waals surface area (Å²) >= 11 is 0. The minimum Gasteiger partial charge on any atom is -0.465 e. The number of ether oxygens (including phenoxy) is 2. The largest absolute Gasteiger partial charge is 0.465 e. The summed E-state index contributed by atoms with van der Waals surface area (Å²) in [6.07, 6.45) is -0.368. The second kappa shape index (κ2) is 9.96. The van der Waals surface area contributed by atoms with E-state index in [1.165, 1.54) is 0 Å². The Morgan fingerprint density at radius 3 is 1.92 bits per heavy atom. The molecule has 0 radical (unpaired) electrons. The molecule has 26 heavy (non-hydrogen) atoms. The lowest BCUT2D eigenvalue weighted by Gasteiger charge is -2.26. The monoisotopic (exact) mass is 359 g/mol. The SMILES string of the molecule is Cc1cccc(C(C#N)(CC(=O)OCC(C)C)CC(=O)OCC(C)C)c1. The third kappa shape index (κ3) is 6.87.